The minimum Gasteiger partial charge on any atom is -0.308 e. The number of hydrogen-bond acceptors (Lipinski definition) is 3. The number of hydrogen-bond donors (Lipinski definition) is 2. The number of nitrogens with one attached hydrogen (secondary N) is 2. The maximum absolute atomic E-state index is 11.1. The summed E-state index contributed by atoms with van der Waals surface area (Å²) in [5.74, 6) is -0.779. The maximum atomic E-state index is 11.1. The third-order valence-electron chi connectivity index (χ3n) is 1.38. The minimum atomic E-state index is -0.699. The molecule has 0 aliphatic rings. The summed E-state index contributed by atoms with van der Waals surface area (Å²) >= 11 is 5.52. The second-order valence-electron chi connectivity index (χ2n) is 2.44. The van der Waals surface area contributed by atoms with E-state index in [4.69, 9.17) is 16.9 Å². The van der Waals surface area contributed by atoms with E-state index in [9.17, 15) is 4.79 Å². The molecule has 0 bridgehead atoms. The van der Waals surface area contributed by atoms with Crippen molar-refractivity contribution in [2.45, 2.75) is 6.92 Å². The zero-order valence-corrected chi connectivity index (χ0v) is 7.59. The van der Waals surface area contributed by atoms with Crippen molar-refractivity contribution in [3.63, 3.8) is 0 Å². The number of rotatable bonds is 2. The van der Waals surface area contributed by atoms with Crippen molar-refractivity contribution >= 4 is 23.3 Å². The lowest BCUT2D eigenvalue weighted by Gasteiger charge is -2.00. The topological polar surface area (TPSA) is 81.6 Å². The number of halogens is 1. The Morgan fingerprint density at radius 1 is 1.92 bits per heavy atom. The zero-order valence-electron chi connectivity index (χ0n) is 6.84. The van der Waals surface area contributed by atoms with Crippen molar-refractivity contribution in [3.05, 3.63) is 11.2 Å². The molecule has 68 valence electrons. The van der Waals surface area contributed by atoms with E-state index in [1.54, 1.807) is 0 Å². The summed E-state index contributed by atoms with van der Waals surface area (Å²) in [5.41, 5.74) is 0. The number of nitriles is 1. The lowest BCUT2D eigenvalue weighted by Crippen LogP contribution is -2.19. The first-order valence-electron chi connectivity index (χ1n) is 3.55. The van der Waals surface area contributed by atoms with E-state index in [1.165, 1.54) is 13.0 Å². The van der Waals surface area contributed by atoms with Crippen LogP contribution >= 0.6 is 11.6 Å². The Hall–Kier alpha value is -1.54. The van der Waals surface area contributed by atoms with Crippen molar-refractivity contribution in [1.29, 1.82) is 5.26 Å². The van der Waals surface area contributed by atoms with Crippen molar-refractivity contribution in [3.8, 4) is 6.07 Å². The van der Waals surface area contributed by atoms with Crippen LogP contribution in [0.4, 0.5) is 5.82 Å². The summed E-state index contributed by atoms with van der Waals surface area (Å²) in [5, 5.41) is 17.3. The first-order valence-corrected chi connectivity index (χ1v) is 3.92. The predicted molar refractivity (Wildman–Crippen MR) is 47.0 cm³/mol. The standard InChI is InChI=1S/C7H7ClN4O/c1-4(3-9)7(13)10-6-2-5(8)11-12-6/h2,4H,1H3,(H2,10,11,12,13). The quantitative estimate of drug-likeness (QED) is 0.748. The number of amides is 1. The lowest BCUT2D eigenvalue weighted by molar-refractivity contribution is -0.117. The van der Waals surface area contributed by atoms with E-state index in [0.29, 0.717) is 11.0 Å². The molecule has 0 aliphatic heterocycles. The Labute approximate surface area is 79.7 Å². The van der Waals surface area contributed by atoms with Crippen LogP contribution in [0.1, 0.15) is 6.92 Å². The van der Waals surface area contributed by atoms with Gasteiger partial charge < -0.3 is 5.32 Å². The third-order valence-corrected chi connectivity index (χ3v) is 1.58. The molecule has 0 radical (unpaired) electrons. The first-order chi connectivity index (χ1) is 6.13. The number of carbonyl (C=O) groups is 1. The number of aromatic amines is 1. The maximum Gasteiger partial charge on any atom is 0.242 e. The Morgan fingerprint density at radius 3 is 3.08 bits per heavy atom. The van der Waals surface area contributed by atoms with Crippen LogP contribution in [0, 0.1) is 17.2 Å². The molecule has 1 aromatic heterocycles. The van der Waals surface area contributed by atoms with Crippen molar-refractivity contribution < 1.29 is 4.79 Å². The monoisotopic (exact) mass is 198 g/mol. The molecule has 0 fully saturated rings. The molecule has 0 aliphatic carbocycles. The van der Waals surface area contributed by atoms with E-state index >= 15 is 0 Å². The SMILES string of the molecule is CC(C#N)C(=O)Nc1cc(Cl)[nH]n1. The summed E-state index contributed by atoms with van der Waals surface area (Å²) in [6, 6.07) is 3.27. The molecule has 1 heterocycles. The van der Waals surface area contributed by atoms with Gasteiger partial charge in [0.05, 0.1) is 6.07 Å². The van der Waals surface area contributed by atoms with Crippen LogP contribution in [0.15, 0.2) is 6.07 Å². The van der Waals surface area contributed by atoms with E-state index in [2.05, 4.69) is 15.5 Å². The van der Waals surface area contributed by atoms with Crippen molar-refractivity contribution in [2.75, 3.05) is 5.32 Å². The minimum absolute atomic E-state index is 0.317. The lowest BCUT2D eigenvalue weighted by atomic mass is 10.2. The highest BCUT2D eigenvalue weighted by Crippen LogP contribution is 2.10. The molecule has 0 saturated heterocycles. The summed E-state index contributed by atoms with van der Waals surface area (Å²) in [7, 11) is 0. The molecule has 6 heteroatoms. The van der Waals surface area contributed by atoms with Gasteiger partial charge in [-0.25, -0.2) is 0 Å². The molecule has 1 aromatic rings. The number of carbonyl (C=O) groups excluding carboxylic acids is 1. The Balaban J connectivity index is 2.61. The molecule has 1 unspecified atom stereocenters. The molecule has 1 amide bonds. The number of H-pyrrole nitrogens is 1. The highest BCUT2D eigenvalue weighted by atomic mass is 35.5. The number of anilines is 1. The van der Waals surface area contributed by atoms with Crippen molar-refractivity contribution in [2.24, 2.45) is 5.92 Å². The van der Waals surface area contributed by atoms with Crippen LogP contribution in [0.25, 0.3) is 0 Å². The molecule has 1 atom stereocenters. The number of nitrogens with zero attached hydrogens (tertiary/aromatic N) is 2. The van der Waals surface area contributed by atoms with Gasteiger partial charge in [0.2, 0.25) is 5.91 Å². The molecule has 5 nitrogen and oxygen atoms in total. The van der Waals surface area contributed by atoms with Gasteiger partial charge in [0.15, 0.2) is 5.82 Å². The second-order valence-corrected chi connectivity index (χ2v) is 2.85. The van der Waals surface area contributed by atoms with Crippen LogP contribution in [0.3, 0.4) is 0 Å². The van der Waals surface area contributed by atoms with Gasteiger partial charge in [-0.15, -0.1) is 0 Å². The third kappa shape index (κ3) is 2.46. The first kappa shape index (κ1) is 9.55. The zero-order chi connectivity index (χ0) is 9.84. The second kappa shape index (κ2) is 3.92. The highest BCUT2D eigenvalue weighted by molar-refractivity contribution is 6.29. The normalized spacial score (nSPS) is 11.8. The molecule has 13 heavy (non-hydrogen) atoms. The molecular weight excluding hydrogens is 192 g/mol. The summed E-state index contributed by atoms with van der Waals surface area (Å²) in [6.45, 7) is 1.50. The van der Waals surface area contributed by atoms with Crippen LogP contribution in [0.5, 0.6) is 0 Å². The fourth-order valence-electron chi connectivity index (χ4n) is 0.655. The number of aromatic nitrogens is 2. The summed E-state index contributed by atoms with van der Waals surface area (Å²) < 4.78 is 0. The molecule has 2 N–H and O–H groups in total. The average molecular weight is 199 g/mol. The highest BCUT2D eigenvalue weighted by Gasteiger charge is 2.12. The van der Waals surface area contributed by atoms with Gasteiger partial charge in [-0.1, -0.05) is 11.6 Å². The van der Waals surface area contributed by atoms with E-state index in [1.807, 2.05) is 6.07 Å². The molecule has 0 spiro atoms. The Bertz CT molecular complexity index is 354. The van der Waals surface area contributed by atoms with Crippen LogP contribution < -0.4 is 5.32 Å². The fourth-order valence-corrected chi connectivity index (χ4v) is 0.801. The van der Waals surface area contributed by atoms with E-state index < -0.39 is 11.8 Å². The van der Waals surface area contributed by atoms with Crippen LogP contribution in [-0.2, 0) is 4.79 Å². The molecule has 0 saturated carbocycles. The largest absolute Gasteiger partial charge is 0.308 e. The fraction of sp³-hybridized carbons (Fsp3) is 0.286. The average Bonchev–Trinajstić information content (AvgIpc) is 2.49. The van der Waals surface area contributed by atoms with E-state index in [0.717, 1.165) is 0 Å². The summed E-state index contributed by atoms with van der Waals surface area (Å²) in [6.07, 6.45) is 0. The summed E-state index contributed by atoms with van der Waals surface area (Å²) in [4.78, 5) is 11.1. The van der Waals surface area contributed by atoms with Crippen LogP contribution in [-0.4, -0.2) is 16.1 Å². The van der Waals surface area contributed by atoms with Gasteiger partial charge >= 0.3 is 0 Å². The predicted octanol–water partition coefficient (Wildman–Crippen LogP) is 1.16. The molecular formula is C7H7ClN4O. The Kier molecular flexibility index (Phi) is 2.88. The van der Waals surface area contributed by atoms with Gasteiger partial charge in [-0.05, 0) is 6.92 Å². The Morgan fingerprint density at radius 2 is 2.62 bits per heavy atom. The van der Waals surface area contributed by atoms with E-state index in [-0.39, 0.29) is 0 Å². The smallest absolute Gasteiger partial charge is 0.242 e. The van der Waals surface area contributed by atoms with Crippen LogP contribution in [0.2, 0.25) is 5.15 Å². The van der Waals surface area contributed by atoms with Gasteiger partial charge in [0, 0.05) is 6.07 Å². The van der Waals surface area contributed by atoms with Gasteiger partial charge in [0.25, 0.3) is 0 Å². The van der Waals surface area contributed by atoms with Crippen molar-refractivity contribution in [1.82, 2.24) is 10.2 Å². The van der Waals surface area contributed by atoms with Gasteiger partial charge in [0.1, 0.15) is 11.1 Å². The molecule has 1 rings (SSSR count). The van der Waals surface area contributed by atoms with Gasteiger partial charge in [-0.2, -0.15) is 10.4 Å². The molecule has 0 aromatic carbocycles. The van der Waals surface area contributed by atoms with Gasteiger partial charge in [-0.3, -0.25) is 9.89 Å².